The van der Waals surface area contributed by atoms with Crippen LogP contribution in [0.25, 0.3) is 0 Å². The predicted molar refractivity (Wildman–Crippen MR) is 87.7 cm³/mol. The van der Waals surface area contributed by atoms with Gasteiger partial charge in [0.2, 0.25) is 0 Å². The van der Waals surface area contributed by atoms with Gasteiger partial charge in [0, 0.05) is 10.9 Å². The molecule has 19 heavy (non-hydrogen) atoms. The van der Waals surface area contributed by atoms with Crippen LogP contribution in [0.15, 0.2) is 22.2 Å². The summed E-state index contributed by atoms with van der Waals surface area (Å²) in [6.45, 7) is 5.32. The Labute approximate surface area is 128 Å². The van der Waals surface area contributed by atoms with Gasteiger partial charge < -0.3 is 5.32 Å². The lowest BCUT2D eigenvalue weighted by molar-refractivity contribution is 0.506. The van der Waals surface area contributed by atoms with Crippen LogP contribution in [0.5, 0.6) is 0 Å². The average Bonchev–Trinajstić information content (AvgIpc) is 3.03. The van der Waals surface area contributed by atoms with Gasteiger partial charge in [0.05, 0.1) is 5.02 Å². The zero-order valence-electron chi connectivity index (χ0n) is 11.4. The molecular weight excluding hydrogens is 294 g/mol. The van der Waals surface area contributed by atoms with Crippen molar-refractivity contribution >= 4 is 34.3 Å². The molecule has 4 heteroatoms. The molecule has 0 aromatic carbocycles. The minimum Gasteiger partial charge on any atom is -0.309 e. The number of hydrogen-bond donors (Lipinski definition) is 1. The molecule has 0 aliphatic rings. The van der Waals surface area contributed by atoms with E-state index in [4.69, 9.17) is 11.6 Å². The highest BCUT2D eigenvalue weighted by Crippen LogP contribution is 2.34. The minimum absolute atomic E-state index is 0.381. The summed E-state index contributed by atoms with van der Waals surface area (Å²) in [6.07, 6.45) is 3.37. The molecule has 0 aliphatic carbocycles. The van der Waals surface area contributed by atoms with Crippen LogP contribution in [0.1, 0.15) is 41.8 Å². The molecule has 0 radical (unpaired) electrons. The van der Waals surface area contributed by atoms with Crippen LogP contribution in [0.4, 0.5) is 0 Å². The molecule has 1 atom stereocenters. The Hall–Kier alpha value is -0.350. The van der Waals surface area contributed by atoms with E-state index in [2.05, 4.69) is 41.4 Å². The van der Waals surface area contributed by atoms with Crippen molar-refractivity contribution in [3.05, 3.63) is 43.2 Å². The fraction of sp³-hybridized carbons (Fsp3) is 0.467. The quantitative estimate of drug-likeness (QED) is 0.717. The first-order chi connectivity index (χ1) is 9.22. The summed E-state index contributed by atoms with van der Waals surface area (Å²) in [5, 5.41) is 11.1. The first-order valence-electron chi connectivity index (χ1n) is 6.70. The van der Waals surface area contributed by atoms with Gasteiger partial charge >= 0.3 is 0 Å². The van der Waals surface area contributed by atoms with Crippen LogP contribution < -0.4 is 5.32 Å². The lowest BCUT2D eigenvalue weighted by Crippen LogP contribution is -2.22. The second-order valence-corrected chi connectivity index (χ2v) is 6.84. The molecule has 104 valence electrons. The van der Waals surface area contributed by atoms with E-state index in [1.165, 1.54) is 16.0 Å². The molecule has 0 saturated heterocycles. The lowest BCUT2D eigenvalue weighted by Gasteiger charge is -2.17. The topological polar surface area (TPSA) is 12.0 Å². The Morgan fingerprint density at radius 2 is 2.21 bits per heavy atom. The van der Waals surface area contributed by atoms with E-state index in [0.717, 1.165) is 30.8 Å². The summed E-state index contributed by atoms with van der Waals surface area (Å²) < 4.78 is 0. The number of aryl methyl sites for hydroxylation is 2. The van der Waals surface area contributed by atoms with Gasteiger partial charge in [-0.25, -0.2) is 0 Å². The molecule has 1 N–H and O–H groups in total. The Kier molecular flexibility index (Phi) is 5.89. The van der Waals surface area contributed by atoms with Crippen LogP contribution in [-0.2, 0) is 6.42 Å². The first-order valence-corrected chi connectivity index (χ1v) is 8.90. The normalized spacial score (nSPS) is 12.8. The summed E-state index contributed by atoms with van der Waals surface area (Å²) in [5.41, 5.74) is 2.62. The maximum atomic E-state index is 6.42. The highest BCUT2D eigenvalue weighted by molar-refractivity contribution is 7.10. The fourth-order valence-electron chi connectivity index (χ4n) is 2.08. The molecule has 2 aromatic heterocycles. The number of hydrogen-bond acceptors (Lipinski definition) is 3. The van der Waals surface area contributed by atoms with E-state index in [-0.39, 0.29) is 0 Å². The third-order valence-electron chi connectivity index (χ3n) is 3.18. The van der Waals surface area contributed by atoms with Gasteiger partial charge in [-0.15, -0.1) is 11.3 Å². The Morgan fingerprint density at radius 3 is 2.79 bits per heavy atom. The van der Waals surface area contributed by atoms with Gasteiger partial charge in [-0.05, 0) is 66.1 Å². The second kappa shape index (κ2) is 7.44. The van der Waals surface area contributed by atoms with Crippen LogP contribution in [0, 0.1) is 6.92 Å². The number of halogens is 1. The van der Waals surface area contributed by atoms with Crippen molar-refractivity contribution in [3.8, 4) is 0 Å². The van der Waals surface area contributed by atoms with Crippen LogP contribution in [0.2, 0.25) is 5.02 Å². The first kappa shape index (κ1) is 15.0. The van der Waals surface area contributed by atoms with Crippen molar-refractivity contribution in [1.82, 2.24) is 5.32 Å². The molecular formula is C15H20ClNS2. The van der Waals surface area contributed by atoms with Gasteiger partial charge in [0.15, 0.2) is 0 Å². The standard InChI is InChI=1S/C15H20ClNS2/c1-3-7-17-13(5-4-12-6-8-18-10-12)15-14(16)11(2)9-19-15/h6,8-10,13,17H,3-5,7H2,1-2H3. The van der Waals surface area contributed by atoms with Crippen LogP contribution >= 0.6 is 34.3 Å². The molecule has 2 rings (SSSR count). The molecule has 0 spiro atoms. The number of rotatable bonds is 7. The smallest absolute Gasteiger partial charge is 0.0590 e. The van der Waals surface area contributed by atoms with Crippen molar-refractivity contribution < 1.29 is 0 Å². The minimum atomic E-state index is 0.381. The summed E-state index contributed by atoms with van der Waals surface area (Å²) >= 11 is 9.96. The van der Waals surface area contributed by atoms with Gasteiger partial charge in [-0.1, -0.05) is 18.5 Å². The van der Waals surface area contributed by atoms with E-state index in [1.807, 2.05) is 0 Å². The van der Waals surface area contributed by atoms with E-state index in [0.29, 0.717) is 6.04 Å². The van der Waals surface area contributed by atoms with E-state index < -0.39 is 0 Å². The van der Waals surface area contributed by atoms with Crippen molar-refractivity contribution in [2.24, 2.45) is 0 Å². The third kappa shape index (κ3) is 4.06. The summed E-state index contributed by atoms with van der Waals surface area (Å²) in [5.74, 6) is 0. The van der Waals surface area contributed by atoms with Gasteiger partial charge in [0.1, 0.15) is 0 Å². The molecule has 0 aliphatic heterocycles. The third-order valence-corrected chi connectivity index (χ3v) is 5.74. The fourth-order valence-corrected chi connectivity index (χ4v) is 4.21. The Bertz CT molecular complexity index is 490. The van der Waals surface area contributed by atoms with Gasteiger partial charge in [-0.2, -0.15) is 11.3 Å². The van der Waals surface area contributed by atoms with Crippen molar-refractivity contribution in [2.75, 3.05) is 6.54 Å². The summed E-state index contributed by atoms with van der Waals surface area (Å²) in [4.78, 5) is 1.29. The highest BCUT2D eigenvalue weighted by atomic mass is 35.5. The summed E-state index contributed by atoms with van der Waals surface area (Å²) in [7, 11) is 0. The second-order valence-electron chi connectivity index (χ2n) is 4.77. The van der Waals surface area contributed by atoms with Crippen LogP contribution in [0.3, 0.4) is 0 Å². The maximum absolute atomic E-state index is 6.42. The molecule has 2 heterocycles. The van der Waals surface area contributed by atoms with E-state index >= 15 is 0 Å². The van der Waals surface area contributed by atoms with Crippen molar-refractivity contribution in [1.29, 1.82) is 0 Å². The lowest BCUT2D eigenvalue weighted by atomic mass is 10.1. The summed E-state index contributed by atoms with van der Waals surface area (Å²) in [6, 6.07) is 2.59. The molecule has 0 amide bonds. The zero-order valence-corrected chi connectivity index (χ0v) is 13.8. The predicted octanol–water partition coefficient (Wildman–Crippen LogP) is 5.44. The zero-order chi connectivity index (χ0) is 13.7. The molecule has 1 nitrogen and oxygen atoms in total. The number of thiophene rings is 2. The van der Waals surface area contributed by atoms with Crippen molar-refractivity contribution in [2.45, 2.75) is 39.2 Å². The molecule has 0 saturated carbocycles. The highest BCUT2D eigenvalue weighted by Gasteiger charge is 2.17. The number of nitrogens with one attached hydrogen (secondary N) is 1. The molecule has 0 bridgehead atoms. The van der Waals surface area contributed by atoms with Crippen LogP contribution in [-0.4, -0.2) is 6.54 Å². The molecule has 0 fully saturated rings. The Morgan fingerprint density at radius 1 is 1.37 bits per heavy atom. The molecule has 2 aromatic rings. The average molecular weight is 314 g/mol. The maximum Gasteiger partial charge on any atom is 0.0590 e. The largest absolute Gasteiger partial charge is 0.309 e. The van der Waals surface area contributed by atoms with Gasteiger partial charge in [-0.3, -0.25) is 0 Å². The van der Waals surface area contributed by atoms with E-state index in [1.54, 1.807) is 22.7 Å². The monoisotopic (exact) mass is 313 g/mol. The Balaban J connectivity index is 2.04. The van der Waals surface area contributed by atoms with Gasteiger partial charge in [0.25, 0.3) is 0 Å². The van der Waals surface area contributed by atoms with E-state index in [9.17, 15) is 0 Å². The molecule has 1 unspecified atom stereocenters. The van der Waals surface area contributed by atoms with Crippen molar-refractivity contribution in [3.63, 3.8) is 0 Å². The SMILES string of the molecule is CCCNC(CCc1ccsc1)c1scc(C)c1Cl.